The fourth-order valence-electron chi connectivity index (χ4n) is 3.49. The minimum absolute atomic E-state index is 0.200. The lowest BCUT2D eigenvalue weighted by Gasteiger charge is -2.15. The van der Waals surface area contributed by atoms with Gasteiger partial charge in [-0.2, -0.15) is 0 Å². The van der Waals surface area contributed by atoms with Crippen molar-refractivity contribution in [1.29, 1.82) is 0 Å². The smallest absolute Gasteiger partial charge is 0.252 e. The van der Waals surface area contributed by atoms with Crippen molar-refractivity contribution in [2.24, 2.45) is 0 Å². The van der Waals surface area contributed by atoms with Crippen LogP contribution in [0, 0.1) is 0 Å². The number of hydrogen-bond donors (Lipinski definition) is 2. The Bertz CT molecular complexity index is 1020. The van der Waals surface area contributed by atoms with Crippen LogP contribution < -0.4 is 15.6 Å². The molecule has 1 fully saturated rings. The number of aromatic amines is 1. The third-order valence-electron chi connectivity index (χ3n) is 4.87. The van der Waals surface area contributed by atoms with Gasteiger partial charge in [-0.25, -0.2) is 4.98 Å². The van der Waals surface area contributed by atoms with E-state index in [1.54, 1.807) is 12.3 Å². The molecule has 0 spiro atoms. The number of aromatic nitrogens is 2. The summed E-state index contributed by atoms with van der Waals surface area (Å²) in [6.07, 6.45) is 6.34. The number of nitrogens with one attached hydrogen (secondary N) is 2. The minimum Gasteiger partial charge on any atom is -0.474 e. The Hall–Kier alpha value is -3.15. The Kier molecular flexibility index (Phi) is 4.87. The Morgan fingerprint density at radius 1 is 1.19 bits per heavy atom. The van der Waals surface area contributed by atoms with Gasteiger partial charge < -0.3 is 15.0 Å². The molecule has 27 heavy (non-hydrogen) atoms. The maximum atomic E-state index is 12.7. The maximum Gasteiger partial charge on any atom is 0.252 e. The summed E-state index contributed by atoms with van der Waals surface area (Å²) < 4.78 is 6.02. The summed E-state index contributed by atoms with van der Waals surface area (Å²) >= 11 is 0. The molecular formula is C21H21N3O3. The largest absolute Gasteiger partial charge is 0.474 e. The number of amides is 1. The molecule has 2 N–H and O–H groups in total. The highest BCUT2D eigenvalue weighted by Gasteiger charge is 2.19. The summed E-state index contributed by atoms with van der Waals surface area (Å²) in [5, 5.41) is 3.60. The first-order chi connectivity index (χ1) is 13.2. The summed E-state index contributed by atoms with van der Waals surface area (Å²) in [6, 6.07) is 12.3. The average Bonchev–Trinajstić information content (AvgIpc) is 3.19. The number of fused-ring (bicyclic) bond motifs is 1. The summed E-state index contributed by atoms with van der Waals surface area (Å²) in [6.45, 7) is 0.288. The quantitative estimate of drug-likeness (QED) is 0.729. The van der Waals surface area contributed by atoms with Gasteiger partial charge in [0.2, 0.25) is 11.4 Å². The van der Waals surface area contributed by atoms with Crippen LogP contribution in [0.2, 0.25) is 0 Å². The zero-order chi connectivity index (χ0) is 18.6. The van der Waals surface area contributed by atoms with E-state index in [0.717, 1.165) is 18.4 Å². The number of carbonyl (C=O) groups is 1. The van der Waals surface area contributed by atoms with Crippen LogP contribution in [0.1, 0.15) is 41.6 Å². The number of pyridine rings is 2. The molecule has 4 rings (SSSR count). The number of rotatable bonds is 5. The molecule has 0 unspecified atom stereocenters. The van der Waals surface area contributed by atoms with Gasteiger partial charge >= 0.3 is 0 Å². The van der Waals surface area contributed by atoms with Crippen molar-refractivity contribution in [2.45, 2.75) is 38.3 Å². The standard InChI is InChI=1S/C21H21N3O3/c25-19-12-17(16-9-3-4-10-18(16)24-19)20(26)23-13-14-6-5-11-22-21(14)27-15-7-1-2-8-15/h3-6,9-12,15H,1-2,7-8,13H2,(H,23,26)(H,24,25). The third kappa shape index (κ3) is 3.84. The van der Waals surface area contributed by atoms with Crippen molar-refractivity contribution in [3.8, 4) is 5.88 Å². The molecule has 6 heteroatoms. The Morgan fingerprint density at radius 2 is 2.00 bits per heavy atom. The molecule has 1 aromatic carbocycles. The Labute approximate surface area is 156 Å². The van der Waals surface area contributed by atoms with E-state index < -0.39 is 0 Å². The van der Waals surface area contributed by atoms with E-state index in [1.807, 2.05) is 30.3 Å². The fraction of sp³-hybridized carbons (Fsp3) is 0.286. The van der Waals surface area contributed by atoms with Crippen molar-refractivity contribution >= 4 is 16.8 Å². The summed E-state index contributed by atoms with van der Waals surface area (Å²) in [5.74, 6) is 0.272. The molecule has 6 nitrogen and oxygen atoms in total. The molecule has 0 aliphatic heterocycles. The van der Waals surface area contributed by atoms with Gasteiger partial charge in [-0.1, -0.05) is 24.3 Å². The molecule has 1 saturated carbocycles. The second-order valence-corrected chi connectivity index (χ2v) is 6.77. The van der Waals surface area contributed by atoms with E-state index in [2.05, 4.69) is 15.3 Å². The second kappa shape index (κ2) is 7.61. The monoisotopic (exact) mass is 363 g/mol. The van der Waals surface area contributed by atoms with Crippen molar-refractivity contribution in [1.82, 2.24) is 15.3 Å². The SMILES string of the molecule is O=C(NCc1cccnc1OC1CCCC1)c1cc(=O)[nH]c2ccccc12. The molecule has 2 heterocycles. The van der Waals surface area contributed by atoms with E-state index in [9.17, 15) is 9.59 Å². The van der Waals surface area contributed by atoms with Crippen LogP contribution in [0.4, 0.5) is 0 Å². The molecule has 0 radical (unpaired) electrons. The predicted octanol–water partition coefficient (Wildman–Crippen LogP) is 3.17. The van der Waals surface area contributed by atoms with Crippen LogP contribution in [0.25, 0.3) is 10.9 Å². The van der Waals surface area contributed by atoms with Crippen LogP contribution in [-0.2, 0) is 6.54 Å². The number of ether oxygens (including phenoxy) is 1. The lowest BCUT2D eigenvalue weighted by Crippen LogP contribution is -2.25. The number of hydrogen-bond acceptors (Lipinski definition) is 4. The van der Waals surface area contributed by atoms with Crippen LogP contribution in [0.5, 0.6) is 5.88 Å². The van der Waals surface area contributed by atoms with E-state index >= 15 is 0 Å². The third-order valence-corrected chi connectivity index (χ3v) is 4.87. The molecule has 0 bridgehead atoms. The molecule has 1 aliphatic rings. The van der Waals surface area contributed by atoms with Gasteiger partial charge in [0.1, 0.15) is 6.10 Å². The molecule has 3 aromatic rings. The molecular weight excluding hydrogens is 342 g/mol. The van der Waals surface area contributed by atoms with Crippen molar-refractivity contribution in [3.05, 3.63) is 70.1 Å². The Balaban J connectivity index is 1.53. The van der Waals surface area contributed by atoms with E-state index in [0.29, 0.717) is 22.3 Å². The number of para-hydroxylation sites is 1. The lowest BCUT2D eigenvalue weighted by molar-refractivity contribution is 0.0951. The van der Waals surface area contributed by atoms with Gasteiger partial charge in [0.15, 0.2) is 0 Å². The summed E-state index contributed by atoms with van der Waals surface area (Å²) in [4.78, 5) is 31.7. The molecule has 1 amide bonds. The fourth-order valence-corrected chi connectivity index (χ4v) is 3.49. The first-order valence-electron chi connectivity index (χ1n) is 9.21. The van der Waals surface area contributed by atoms with Crippen LogP contribution >= 0.6 is 0 Å². The number of H-pyrrole nitrogens is 1. The molecule has 1 aliphatic carbocycles. The van der Waals surface area contributed by atoms with Crippen molar-refractivity contribution in [3.63, 3.8) is 0 Å². The van der Waals surface area contributed by atoms with Gasteiger partial charge in [-0.05, 0) is 37.8 Å². The first kappa shape index (κ1) is 17.3. The second-order valence-electron chi connectivity index (χ2n) is 6.77. The molecule has 2 aromatic heterocycles. The van der Waals surface area contributed by atoms with Crippen molar-refractivity contribution in [2.75, 3.05) is 0 Å². The van der Waals surface area contributed by atoms with Gasteiger partial charge in [-0.15, -0.1) is 0 Å². The molecule has 0 atom stereocenters. The predicted molar refractivity (Wildman–Crippen MR) is 103 cm³/mol. The van der Waals surface area contributed by atoms with E-state index in [-0.39, 0.29) is 24.1 Å². The van der Waals surface area contributed by atoms with Gasteiger partial charge in [0.25, 0.3) is 5.91 Å². The van der Waals surface area contributed by atoms with Gasteiger partial charge in [0.05, 0.1) is 5.56 Å². The topological polar surface area (TPSA) is 84.1 Å². The van der Waals surface area contributed by atoms with Crippen LogP contribution in [0.15, 0.2) is 53.5 Å². The number of benzene rings is 1. The van der Waals surface area contributed by atoms with Gasteiger partial charge in [-0.3, -0.25) is 9.59 Å². The zero-order valence-electron chi connectivity index (χ0n) is 14.9. The zero-order valence-corrected chi connectivity index (χ0v) is 14.9. The van der Waals surface area contributed by atoms with Crippen LogP contribution in [0.3, 0.4) is 0 Å². The summed E-state index contributed by atoms with van der Waals surface area (Å²) in [5.41, 5.74) is 1.52. The minimum atomic E-state index is -0.300. The Morgan fingerprint density at radius 3 is 2.85 bits per heavy atom. The average molecular weight is 363 g/mol. The first-order valence-corrected chi connectivity index (χ1v) is 9.21. The molecule has 138 valence electrons. The van der Waals surface area contributed by atoms with E-state index in [1.165, 1.54) is 18.9 Å². The maximum absolute atomic E-state index is 12.7. The number of nitrogens with zero attached hydrogens (tertiary/aromatic N) is 1. The van der Waals surface area contributed by atoms with Crippen molar-refractivity contribution < 1.29 is 9.53 Å². The van der Waals surface area contributed by atoms with Crippen LogP contribution in [-0.4, -0.2) is 22.0 Å². The highest BCUT2D eigenvalue weighted by atomic mass is 16.5. The van der Waals surface area contributed by atoms with Gasteiger partial charge in [0, 0.05) is 35.3 Å². The van der Waals surface area contributed by atoms with E-state index in [4.69, 9.17) is 4.74 Å². The summed E-state index contributed by atoms with van der Waals surface area (Å²) in [7, 11) is 0. The highest BCUT2D eigenvalue weighted by molar-refractivity contribution is 6.05. The lowest BCUT2D eigenvalue weighted by atomic mass is 10.1. The highest BCUT2D eigenvalue weighted by Crippen LogP contribution is 2.25. The molecule has 0 saturated heterocycles. The number of carbonyl (C=O) groups excluding carboxylic acids is 1. The normalized spacial score (nSPS) is 14.4.